The number of hydrogen-bond donors (Lipinski definition) is 4. The molecule has 0 saturated carbocycles. The van der Waals surface area contributed by atoms with Crippen LogP contribution in [0.15, 0.2) is 0 Å². The minimum atomic E-state index is -1.32. The van der Waals surface area contributed by atoms with Crippen molar-refractivity contribution in [1.29, 1.82) is 0 Å². The molecule has 0 aromatic carbocycles. The van der Waals surface area contributed by atoms with Gasteiger partial charge in [-0.15, -0.1) is 0 Å². The first-order valence-electron chi connectivity index (χ1n) is 4.64. The van der Waals surface area contributed by atoms with Crippen LogP contribution in [0.1, 0.15) is 33.1 Å². The number of rotatable bonds is 6. The van der Waals surface area contributed by atoms with Crippen LogP contribution in [0.4, 0.5) is 0 Å². The van der Waals surface area contributed by atoms with Gasteiger partial charge >= 0.3 is 11.9 Å². The van der Waals surface area contributed by atoms with Crippen molar-refractivity contribution >= 4 is 11.9 Å². The highest BCUT2D eigenvalue weighted by molar-refractivity contribution is 5.78. The van der Waals surface area contributed by atoms with Gasteiger partial charge in [-0.25, -0.2) is 0 Å². The topological polar surface area (TPSA) is 127 Å². The standard InChI is InChI=1S/C9H18N2O4/c1-8(10,6(12)13)4-3-5-9(2,11)7(14)15/h3-5,10-11H2,1-2H3,(H,12,13)(H,14,15)/t8-,9-/m0/s1. The molecule has 0 aliphatic heterocycles. The smallest absolute Gasteiger partial charge is 0.323 e. The van der Waals surface area contributed by atoms with Gasteiger partial charge in [0.05, 0.1) is 0 Å². The summed E-state index contributed by atoms with van der Waals surface area (Å²) in [6, 6.07) is 0. The van der Waals surface area contributed by atoms with Crippen LogP contribution in [-0.4, -0.2) is 33.2 Å². The van der Waals surface area contributed by atoms with Gasteiger partial charge in [-0.05, 0) is 33.1 Å². The van der Waals surface area contributed by atoms with Crippen LogP contribution in [0.2, 0.25) is 0 Å². The molecule has 0 amide bonds. The Bertz CT molecular complexity index is 235. The van der Waals surface area contributed by atoms with Crippen LogP contribution in [-0.2, 0) is 9.59 Å². The van der Waals surface area contributed by atoms with Crippen molar-refractivity contribution in [2.24, 2.45) is 11.5 Å². The van der Waals surface area contributed by atoms with Crippen LogP contribution in [0.3, 0.4) is 0 Å². The fourth-order valence-electron chi connectivity index (χ4n) is 1.04. The van der Waals surface area contributed by atoms with Crippen molar-refractivity contribution in [2.45, 2.75) is 44.2 Å². The molecule has 0 heterocycles. The average molecular weight is 218 g/mol. The third-order valence-electron chi connectivity index (χ3n) is 2.37. The molecule has 0 bridgehead atoms. The van der Waals surface area contributed by atoms with Gasteiger partial charge in [-0.2, -0.15) is 0 Å². The highest BCUT2D eigenvalue weighted by Crippen LogP contribution is 2.16. The molecule has 88 valence electrons. The highest BCUT2D eigenvalue weighted by atomic mass is 16.4. The highest BCUT2D eigenvalue weighted by Gasteiger charge is 2.31. The number of carbonyl (C=O) groups is 2. The number of carboxylic acids is 2. The predicted molar refractivity (Wildman–Crippen MR) is 54.3 cm³/mol. The zero-order chi connectivity index (χ0) is 12.3. The number of carboxylic acid groups (broad SMARTS) is 2. The molecular weight excluding hydrogens is 200 g/mol. The van der Waals surface area contributed by atoms with E-state index in [1.165, 1.54) is 13.8 Å². The van der Waals surface area contributed by atoms with E-state index in [1.807, 2.05) is 0 Å². The lowest BCUT2D eigenvalue weighted by atomic mass is 9.90. The van der Waals surface area contributed by atoms with Gasteiger partial charge in [0, 0.05) is 0 Å². The minimum absolute atomic E-state index is 0.197. The van der Waals surface area contributed by atoms with Crippen molar-refractivity contribution in [3.8, 4) is 0 Å². The predicted octanol–water partition coefficient (Wildman–Crippen LogP) is -0.239. The zero-order valence-corrected chi connectivity index (χ0v) is 8.99. The molecule has 0 saturated heterocycles. The lowest BCUT2D eigenvalue weighted by Gasteiger charge is -2.23. The molecule has 0 aromatic rings. The fourth-order valence-corrected chi connectivity index (χ4v) is 1.04. The molecule has 6 nitrogen and oxygen atoms in total. The maximum Gasteiger partial charge on any atom is 0.323 e. The van der Waals surface area contributed by atoms with E-state index in [9.17, 15) is 9.59 Å². The normalized spacial score (nSPS) is 18.9. The molecule has 0 aromatic heterocycles. The second-order valence-electron chi connectivity index (χ2n) is 4.30. The first-order chi connectivity index (χ1) is 6.59. The fraction of sp³-hybridized carbons (Fsp3) is 0.778. The summed E-state index contributed by atoms with van der Waals surface area (Å²) in [7, 11) is 0. The average Bonchev–Trinajstić information content (AvgIpc) is 2.02. The Kier molecular flexibility index (Phi) is 4.24. The van der Waals surface area contributed by atoms with E-state index in [2.05, 4.69) is 0 Å². The third-order valence-corrected chi connectivity index (χ3v) is 2.37. The quantitative estimate of drug-likeness (QED) is 0.487. The minimum Gasteiger partial charge on any atom is -0.480 e. The lowest BCUT2D eigenvalue weighted by molar-refractivity contribution is -0.143. The Balaban J connectivity index is 4.11. The van der Waals surface area contributed by atoms with Crippen LogP contribution in [0, 0.1) is 0 Å². The Morgan fingerprint density at radius 2 is 1.27 bits per heavy atom. The van der Waals surface area contributed by atoms with E-state index in [0.29, 0.717) is 6.42 Å². The summed E-state index contributed by atoms with van der Waals surface area (Å²) < 4.78 is 0. The SMILES string of the molecule is C[C@](N)(CCC[C@](C)(N)C(=O)O)C(=O)O. The van der Waals surface area contributed by atoms with Crippen molar-refractivity contribution in [3.63, 3.8) is 0 Å². The first-order valence-corrected chi connectivity index (χ1v) is 4.64. The van der Waals surface area contributed by atoms with Crippen molar-refractivity contribution in [3.05, 3.63) is 0 Å². The lowest BCUT2D eigenvalue weighted by Crippen LogP contribution is -2.47. The molecule has 0 aliphatic carbocycles. The summed E-state index contributed by atoms with van der Waals surface area (Å²) >= 11 is 0. The van der Waals surface area contributed by atoms with Crippen LogP contribution in [0.5, 0.6) is 0 Å². The monoisotopic (exact) mass is 218 g/mol. The Morgan fingerprint density at radius 1 is 1.00 bits per heavy atom. The van der Waals surface area contributed by atoms with Gasteiger partial charge in [-0.3, -0.25) is 9.59 Å². The van der Waals surface area contributed by atoms with Gasteiger partial charge in [0.1, 0.15) is 11.1 Å². The van der Waals surface area contributed by atoms with Crippen molar-refractivity contribution < 1.29 is 19.8 Å². The summed E-state index contributed by atoms with van der Waals surface area (Å²) in [4.78, 5) is 21.3. The summed E-state index contributed by atoms with van der Waals surface area (Å²) in [5, 5.41) is 17.4. The van der Waals surface area contributed by atoms with E-state index in [-0.39, 0.29) is 12.8 Å². The Labute approximate surface area is 88.3 Å². The number of nitrogens with two attached hydrogens (primary N) is 2. The number of hydrogen-bond acceptors (Lipinski definition) is 4. The first kappa shape index (κ1) is 13.9. The van der Waals surface area contributed by atoms with Gasteiger partial charge in [-0.1, -0.05) is 0 Å². The van der Waals surface area contributed by atoms with Gasteiger partial charge < -0.3 is 21.7 Å². The second kappa shape index (κ2) is 4.59. The second-order valence-corrected chi connectivity index (χ2v) is 4.30. The zero-order valence-electron chi connectivity index (χ0n) is 8.99. The molecule has 0 aliphatic rings. The van der Waals surface area contributed by atoms with E-state index in [4.69, 9.17) is 21.7 Å². The van der Waals surface area contributed by atoms with E-state index in [1.54, 1.807) is 0 Å². The van der Waals surface area contributed by atoms with Crippen molar-refractivity contribution in [2.75, 3.05) is 0 Å². The molecule has 6 heteroatoms. The van der Waals surface area contributed by atoms with E-state index >= 15 is 0 Å². The molecule has 6 N–H and O–H groups in total. The Hall–Kier alpha value is -1.14. The van der Waals surface area contributed by atoms with Crippen LogP contribution in [0.25, 0.3) is 0 Å². The molecule has 15 heavy (non-hydrogen) atoms. The molecule has 2 atom stereocenters. The summed E-state index contributed by atoms with van der Waals surface area (Å²) in [6.45, 7) is 2.79. The summed E-state index contributed by atoms with van der Waals surface area (Å²) in [5.41, 5.74) is 8.30. The van der Waals surface area contributed by atoms with E-state index < -0.39 is 23.0 Å². The molecule has 0 rings (SSSR count). The summed E-state index contributed by atoms with van der Waals surface area (Å²) in [6.07, 6.45) is 0.753. The molecule has 0 radical (unpaired) electrons. The van der Waals surface area contributed by atoms with Gasteiger partial charge in [0.2, 0.25) is 0 Å². The molecular formula is C9H18N2O4. The molecule has 0 fully saturated rings. The Morgan fingerprint density at radius 3 is 1.47 bits per heavy atom. The van der Waals surface area contributed by atoms with Gasteiger partial charge in [0.15, 0.2) is 0 Å². The van der Waals surface area contributed by atoms with Crippen LogP contribution >= 0.6 is 0 Å². The van der Waals surface area contributed by atoms with Crippen molar-refractivity contribution in [1.82, 2.24) is 0 Å². The van der Waals surface area contributed by atoms with Gasteiger partial charge in [0.25, 0.3) is 0 Å². The maximum absolute atomic E-state index is 10.6. The maximum atomic E-state index is 10.6. The summed E-state index contributed by atoms with van der Waals surface area (Å²) in [5.74, 6) is -2.20. The molecule has 0 spiro atoms. The largest absolute Gasteiger partial charge is 0.480 e. The number of aliphatic carboxylic acids is 2. The molecule has 0 unspecified atom stereocenters. The van der Waals surface area contributed by atoms with E-state index in [0.717, 1.165) is 0 Å². The third kappa shape index (κ3) is 4.26. The van der Waals surface area contributed by atoms with Crippen LogP contribution < -0.4 is 11.5 Å².